The number of rotatable bonds is 4. The SMILES string of the molecule is COc1ccc(NC(=O)N(S)c2ccc(NC(C)=O)cc2)cc1C(F)(F)F. The predicted molar refractivity (Wildman–Crippen MR) is 99.2 cm³/mol. The molecule has 0 saturated carbocycles. The molecule has 0 aromatic heterocycles. The molecule has 0 unspecified atom stereocenters. The molecule has 6 nitrogen and oxygen atoms in total. The highest BCUT2D eigenvalue weighted by Crippen LogP contribution is 2.37. The molecule has 0 saturated heterocycles. The summed E-state index contributed by atoms with van der Waals surface area (Å²) in [5.74, 6) is -0.597. The molecule has 0 spiro atoms. The molecule has 0 radical (unpaired) electrons. The zero-order valence-electron chi connectivity index (χ0n) is 14.3. The maximum Gasteiger partial charge on any atom is 0.420 e. The number of nitrogens with one attached hydrogen (secondary N) is 2. The van der Waals surface area contributed by atoms with Gasteiger partial charge in [0.2, 0.25) is 5.91 Å². The first kappa shape index (κ1) is 20.4. The molecule has 0 fully saturated rings. The summed E-state index contributed by atoms with van der Waals surface area (Å²) in [5, 5.41) is 4.91. The number of nitrogens with zero attached hydrogens (tertiary/aromatic N) is 1. The second-order valence-electron chi connectivity index (χ2n) is 5.38. The molecular weight excluding hydrogens is 383 g/mol. The lowest BCUT2D eigenvalue weighted by Gasteiger charge is -2.18. The molecule has 2 aromatic carbocycles. The molecule has 0 aliphatic heterocycles. The van der Waals surface area contributed by atoms with Crippen molar-refractivity contribution in [3.8, 4) is 5.75 Å². The lowest BCUT2D eigenvalue weighted by molar-refractivity contribution is -0.138. The Morgan fingerprint density at radius 1 is 1.04 bits per heavy atom. The van der Waals surface area contributed by atoms with E-state index >= 15 is 0 Å². The smallest absolute Gasteiger partial charge is 0.420 e. The van der Waals surface area contributed by atoms with Gasteiger partial charge >= 0.3 is 12.2 Å². The molecule has 0 heterocycles. The Labute approximate surface area is 158 Å². The van der Waals surface area contributed by atoms with E-state index < -0.39 is 17.8 Å². The monoisotopic (exact) mass is 399 g/mol. The Balaban J connectivity index is 2.15. The molecule has 0 aliphatic carbocycles. The Kier molecular flexibility index (Phi) is 6.21. The number of ether oxygens (including phenoxy) is 1. The highest BCUT2D eigenvalue weighted by molar-refractivity contribution is 7.82. The summed E-state index contributed by atoms with van der Waals surface area (Å²) in [6, 6.07) is 8.57. The lowest BCUT2D eigenvalue weighted by atomic mass is 10.1. The van der Waals surface area contributed by atoms with Gasteiger partial charge in [-0.3, -0.25) is 4.79 Å². The van der Waals surface area contributed by atoms with E-state index in [4.69, 9.17) is 4.74 Å². The molecule has 2 rings (SSSR count). The van der Waals surface area contributed by atoms with Gasteiger partial charge in [-0.15, -0.1) is 0 Å². The third kappa shape index (κ3) is 5.30. The molecule has 0 bridgehead atoms. The van der Waals surface area contributed by atoms with Crippen LogP contribution >= 0.6 is 12.8 Å². The summed E-state index contributed by atoms with van der Waals surface area (Å²) in [4.78, 5) is 23.2. The van der Waals surface area contributed by atoms with Gasteiger partial charge in [0.25, 0.3) is 0 Å². The van der Waals surface area contributed by atoms with Crippen LogP contribution < -0.4 is 19.7 Å². The maximum atomic E-state index is 13.1. The molecule has 0 aliphatic rings. The molecular formula is C17H16F3N3O3S. The summed E-state index contributed by atoms with van der Waals surface area (Å²) in [7, 11) is 1.13. The molecule has 0 atom stereocenters. The van der Waals surface area contributed by atoms with Crippen LogP contribution in [0.1, 0.15) is 12.5 Å². The number of urea groups is 1. The predicted octanol–water partition coefficient (Wildman–Crippen LogP) is 4.56. The van der Waals surface area contributed by atoms with Crippen molar-refractivity contribution < 1.29 is 27.5 Å². The van der Waals surface area contributed by atoms with E-state index in [1.165, 1.54) is 25.1 Å². The average Bonchev–Trinajstić information content (AvgIpc) is 2.60. The standard InChI is InChI=1S/C17H16F3N3O3S/c1-10(24)21-11-3-6-13(7-4-11)23(27)16(25)22-12-5-8-15(26-2)14(9-12)17(18,19)20/h3-9,27H,1-2H3,(H,21,24)(H,22,25). The van der Waals surface area contributed by atoms with Crippen LogP contribution in [-0.4, -0.2) is 19.0 Å². The summed E-state index contributed by atoms with van der Waals surface area (Å²) in [6.45, 7) is 1.36. The first-order valence-electron chi connectivity index (χ1n) is 7.54. The van der Waals surface area contributed by atoms with E-state index in [1.54, 1.807) is 12.1 Å². The number of methoxy groups -OCH3 is 1. The number of carbonyl (C=O) groups excluding carboxylic acids is 2. The largest absolute Gasteiger partial charge is 0.496 e. The number of hydrogen-bond acceptors (Lipinski definition) is 4. The van der Waals surface area contributed by atoms with Crippen LogP contribution in [0, 0.1) is 0 Å². The van der Waals surface area contributed by atoms with Gasteiger partial charge < -0.3 is 15.4 Å². The van der Waals surface area contributed by atoms with Crippen LogP contribution in [-0.2, 0) is 11.0 Å². The molecule has 10 heteroatoms. The van der Waals surface area contributed by atoms with Gasteiger partial charge in [-0.05, 0) is 42.5 Å². The fourth-order valence-electron chi connectivity index (χ4n) is 2.19. The fraction of sp³-hybridized carbons (Fsp3) is 0.176. The molecule has 3 amide bonds. The average molecular weight is 399 g/mol. The maximum absolute atomic E-state index is 13.1. The molecule has 2 aromatic rings. The van der Waals surface area contributed by atoms with Crippen molar-refractivity contribution in [1.29, 1.82) is 0 Å². The Morgan fingerprint density at radius 2 is 1.63 bits per heavy atom. The number of amides is 3. The zero-order valence-corrected chi connectivity index (χ0v) is 15.2. The normalized spacial score (nSPS) is 10.9. The van der Waals surface area contributed by atoms with Gasteiger partial charge in [0.15, 0.2) is 0 Å². The van der Waals surface area contributed by atoms with E-state index in [0.29, 0.717) is 11.4 Å². The number of thiol groups is 1. The second-order valence-corrected chi connectivity index (χ2v) is 5.78. The number of benzene rings is 2. The van der Waals surface area contributed by atoms with Crippen LogP contribution in [0.5, 0.6) is 5.75 Å². The summed E-state index contributed by atoms with van der Waals surface area (Å²) in [6.07, 6.45) is -4.63. The summed E-state index contributed by atoms with van der Waals surface area (Å²) >= 11 is 4.06. The Bertz CT molecular complexity index is 842. The fourth-order valence-corrected chi connectivity index (χ4v) is 2.37. The number of hydrogen-bond donors (Lipinski definition) is 3. The molecule has 2 N–H and O–H groups in total. The lowest BCUT2D eigenvalue weighted by Crippen LogP contribution is -2.27. The highest BCUT2D eigenvalue weighted by Gasteiger charge is 2.34. The minimum atomic E-state index is -4.63. The Hall–Kier alpha value is -2.88. The van der Waals surface area contributed by atoms with Crippen LogP contribution in [0.4, 0.5) is 35.0 Å². The van der Waals surface area contributed by atoms with Crippen molar-refractivity contribution in [2.24, 2.45) is 0 Å². The number of halogens is 3. The van der Waals surface area contributed by atoms with Crippen LogP contribution in [0.15, 0.2) is 42.5 Å². The van der Waals surface area contributed by atoms with Gasteiger partial charge in [-0.25, -0.2) is 9.10 Å². The van der Waals surface area contributed by atoms with E-state index in [2.05, 4.69) is 23.4 Å². The van der Waals surface area contributed by atoms with E-state index in [9.17, 15) is 22.8 Å². The van der Waals surface area contributed by atoms with Crippen molar-refractivity contribution in [3.63, 3.8) is 0 Å². The third-order valence-corrected chi connectivity index (χ3v) is 3.79. The van der Waals surface area contributed by atoms with Gasteiger partial charge in [0.05, 0.1) is 18.4 Å². The minimum absolute atomic E-state index is 0.0676. The van der Waals surface area contributed by atoms with E-state index in [-0.39, 0.29) is 17.3 Å². The minimum Gasteiger partial charge on any atom is -0.496 e. The number of anilines is 3. The zero-order chi connectivity index (χ0) is 20.2. The first-order valence-corrected chi connectivity index (χ1v) is 7.94. The topological polar surface area (TPSA) is 70.7 Å². The molecule has 144 valence electrons. The summed E-state index contributed by atoms with van der Waals surface area (Å²) < 4.78 is 44.8. The molecule has 27 heavy (non-hydrogen) atoms. The van der Waals surface area contributed by atoms with Gasteiger partial charge in [0, 0.05) is 18.3 Å². The van der Waals surface area contributed by atoms with Crippen molar-refractivity contribution in [3.05, 3.63) is 48.0 Å². The summed E-state index contributed by atoms with van der Waals surface area (Å²) in [5.41, 5.74) is -0.192. The van der Waals surface area contributed by atoms with Crippen LogP contribution in [0.25, 0.3) is 0 Å². The van der Waals surface area contributed by atoms with Crippen LogP contribution in [0.3, 0.4) is 0 Å². The van der Waals surface area contributed by atoms with Crippen molar-refractivity contribution in [2.75, 3.05) is 22.0 Å². The number of alkyl halides is 3. The van der Waals surface area contributed by atoms with Gasteiger partial charge in [0.1, 0.15) is 5.75 Å². The van der Waals surface area contributed by atoms with Crippen molar-refractivity contribution >= 4 is 41.8 Å². The third-order valence-electron chi connectivity index (χ3n) is 3.38. The van der Waals surface area contributed by atoms with Crippen molar-refractivity contribution in [2.45, 2.75) is 13.1 Å². The number of carbonyl (C=O) groups is 2. The first-order chi connectivity index (χ1) is 12.6. The quantitative estimate of drug-likeness (QED) is 0.661. The van der Waals surface area contributed by atoms with E-state index in [0.717, 1.165) is 23.5 Å². The van der Waals surface area contributed by atoms with Gasteiger partial charge in [-0.1, -0.05) is 12.8 Å². The highest BCUT2D eigenvalue weighted by atomic mass is 32.1. The van der Waals surface area contributed by atoms with Crippen LogP contribution in [0.2, 0.25) is 0 Å². The van der Waals surface area contributed by atoms with Crippen molar-refractivity contribution in [1.82, 2.24) is 0 Å². The van der Waals surface area contributed by atoms with E-state index in [1.807, 2.05) is 0 Å². The second kappa shape index (κ2) is 8.21. The van der Waals surface area contributed by atoms with Gasteiger partial charge in [-0.2, -0.15) is 13.2 Å². The Morgan fingerprint density at radius 3 is 2.15 bits per heavy atom.